The second-order valence-corrected chi connectivity index (χ2v) is 5.14. The molecule has 4 nitrogen and oxygen atoms in total. The van der Waals surface area contributed by atoms with Crippen molar-refractivity contribution < 1.29 is 19.2 Å². The van der Waals surface area contributed by atoms with Gasteiger partial charge in [-0.15, -0.1) is 0 Å². The molecule has 0 spiro atoms. The molecule has 0 saturated carbocycles. The zero-order valence-corrected chi connectivity index (χ0v) is 11.6. The molecule has 0 amide bonds. The number of carbonyl (C=O) groups excluding carboxylic acids is 4. The number of hydrogen-bond acceptors (Lipinski definition) is 4. The van der Waals surface area contributed by atoms with Crippen LogP contribution in [0.1, 0.15) is 37.5 Å². The van der Waals surface area contributed by atoms with Gasteiger partial charge in [0.25, 0.3) is 0 Å². The Morgan fingerprint density at radius 3 is 1.82 bits per heavy atom. The maximum atomic E-state index is 12.3. The minimum atomic E-state index is -1.37. The molecule has 2 aromatic carbocycles. The van der Waals surface area contributed by atoms with Gasteiger partial charge in [0.05, 0.1) is 6.42 Å². The van der Waals surface area contributed by atoms with Gasteiger partial charge in [0.2, 0.25) is 0 Å². The SMILES string of the molecule is O=C(CC(=O)C1C(=O)c2ccccc2C1=O)c1ccccc1. The number of carbonyl (C=O) groups is 4. The third-order valence-corrected chi connectivity index (χ3v) is 3.73. The van der Waals surface area contributed by atoms with Crippen LogP contribution in [-0.2, 0) is 4.79 Å². The minimum Gasteiger partial charge on any atom is -0.298 e. The monoisotopic (exact) mass is 292 g/mol. The lowest BCUT2D eigenvalue weighted by molar-refractivity contribution is -0.119. The molecule has 0 N–H and O–H groups in total. The highest BCUT2D eigenvalue weighted by Crippen LogP contribution is 2.28. The van der Waals surface area contributed by atoms with Gasteiger partial charge in [-0.25, -0.2) is 0 Å². The van der Waals surface area contributed by atoms with Crippen LogP contribution < -0.4 is 0 Å². The van der Waals surface area contributed by atoms with E-state index >= 15 is 0 Å². The molecule has 0 aromatic heterocycles. The molecule has 0 aliphatic heterocycles. The molecule has 3 rings (SSSR count). The average Bonchev–Trinajstić information content (AvgIpc) is 2.80. The van der Waals surface area contributed by atoms with Crippen molar-refractivity contribution in [1.29, 1.82) is 0 Å². The Balaban J connectivity index is 1.81. The van der Waals surface area contributed by atoms with Crippen LogP contribution in [0.25, 0.3) is 0 Å². The highest BCUT2D eigenvalue weighted by Gasteiger charge is 2.43. The molecule has 4 heteroatoms. The maximum Gasteiger partial charge on any atom is 0.181 e. The molecule has 0 bridgehead atoms. The van der Waals surface area contributed by atoms with Crippen molar-refractivity contribution in [2.75, 3.05) is 0 Å². The Kier molecular flexibility index (Phi) is 3.51. The topological polar surface area (TPSA) is 68.3 Å². The summed E-state index contributed by atoms with van der Waals surface area (Å²) in [6.45, 7) is 0. The highest BCUT2D eigenvalue weighted by atomic mass is 16.2. The summed E-state index contributed by atoms with van der Waals surface area (Å²) < 4.78 is 0. The molecule has 0 fully saturated rings. The van der Waals surface area contributed by atoms with Gasteiger partial charge in [-0.3, -0.25) is 19.2 Å². The van der Waals surface area contributed by atoms with Crippen molar-refractivity contribution in [2.24, 2.45) is 5.92 Å². The van der Waals surface area contributed by atoms with E-state index in [4.69, 9.17) is 0 Å². The van der Waals surface area contributed by atoms with E-state index in [1.54, 1.807) is 42.5 Å². The van der Waals surface area contributed by atoms with Gasteiger partial charge in [-0.2, -0.15) is 0 Å². The Labute approximate surface area is 126 Å². The first kappa shape index (κ1) is 14.1. The summed E-state index contributed by atoms with van der Waals surface area (Å²) in [6.07, 6.45) is -0.444. The van der Waals surface area contributed by atoms with Crippen LogP contribution in [-0.4, -0.2) is 23.1 Å². The van der Waals surface area contributed by atoms with Crippen molar-refractivity contribution >= 4 is 23.1 Å². The largest absolute Gasteiger partial charge is 0.298 e. The number of hydrogen-bond donors (Lipinski definition) is 0. The smallest absolute Gasteiger partial charge is 0.181 e. The molecular weight excluding hydrogens is 280 g/mol. The Hall–Kier alpha value is -2.88. The van der Waals surface area contributed by atoms with Crippen LogP contribution in [0, 0.1) is 5.92 Å². The van der Waals surface area contributed by atoms with E-state index in [0.717, 1.165) is 0 Å². The second kappa shape index (κ2) is 5.48. The quantitative estimate of drug-likeness (QED) is 0.641. The number of rotatable bonds is 4. The van der Waals surface area contributed by atoms with Crippen molar-refractivity contribution in [3.05, 3.63) is 71.3 Å². The lowest BCUT2D eigenvalue weighted by Gasteiger charge is -2.05. The van der Waals surface area contributed by atoms with Crippen LogP contribution in [0.4, 0.5) is 0 Å². The van der Waals surface area contributed by atoms with E-state index in [-0.39, 0.29) is 16.9 Å². The van der Waals surface area contributed by atoms with Gasteiger partial charge in [0, 0.05) is 16.7 Å². The summed E-state index contributed by atoms with van der Waals surface area (Å²) in [5.74, 6) is -3.41. The number of fused-ring (bicyclic) bond motifs is 1. The average molecular weight is 292 g/mol. The first-order chi connectivity index (χ1) is 10.6. The minimum absolute atomic E-state index is 0.262. The van der Waals surface area contributed by atoms with Crippen LogP contribution in [0.5, 0.6) is 0 Å². The van der Waals surface area contributed by atoms with E-state index in [1.165, 1.54) is 12.1 Å². The zero-order valence-electron chi connectivity index (χ0n) is 11.6. The summed E-state index contributed by atoms with van der Waals surface area (Å²) in [5, 5.41) is 0. The standard InChI is InChI=1S/C18H12O4/c19-14(11-6-2-1-3-7-11)10-15(20)16-17(21)12-8-4-5-9-13(12)18(16)22/h1-9,16H,10H2. The van der Waals surface area contributed by atoms with Gasteiger partial charge in [-0.1, -0.05) is 54.6 Å². The number of benzene rings is 2. The van der Waals surface area contributed by atoms with Crippen molar-refractivity contribution in [3.8, 4) is 0 Å². The molecule has 0 saturated heterocycles. The Morgan fingerprint density at radius 2 is 1.27 bits per heavy atom. The van der Waals surface area contributed by atoms with Gasteiger partial charge >= 0.3 is 0 Å². The Morgan fingerprint density at radius 1 is 0.773 bits per heavy atom. The van der Waals surface area contributed by atoms with Gasteiger partial charge < -0.3 is 0 Å². The van der Waals surface area contributed by atoms with Crippen LogP contribution in [0.3, 0.4) is 0 Å². The van der Waals surface area contributed by atoms with Crippen LogP contribution in [0.15, 0.2) is 54.6 Å². The van der Waals surface area contributed by atoms with Gasteiger partial charge in [-0.05, 0) is 0 Å². The summed E-state index contributed by atoms with van der Waals surface area (Å²) in [6, 6.07) is 14.7. The summed E-state index contributed by atoms with van der Waals surface area (Å²) in [5.41, 5.74) is 0.919. The fourth-order valence-electron chi connectivity index (χ4n) is 2.62. The number of ketones is 4. The van der Waals surface area contributed by atoms with Crippen LogP contribution >= 0.6 is 0 Å². The molecule has 0 radical (unpaired) electrons. The second-order valence-electron chi connectivity index (χ2n) is 5.14. The van der Waals surface area contributed by atoms with Crippen molar-refractivity contribution in [2.45, 2.75) is 6.42 Å². The van der Waals surface area contributed by atoms with E-state index in [1.807, 2.05) is 0 Å². The summed E-state index contributed by atoms with van der Waals surface area (Å²) in [4.78, 5) is 48.7. The zero-order chi connectivity index (χ0) is 15.7. The molecule has 0 atom stereocenters. The third kappa shape index (κ3) is 2.29. The molecule has 108 valence electrons. The van der Waals surface area contributed by atoms with Crippen molar-refractivity contribution in [1.82, 2.24) is 0 Å². The lowest BCUT2D eigenvalue weighted by atomic mass is 9.93. The molecule has 1 aliphatic rings. The first-order valence-corrected chi connectivity index (χ1v) is 6.88. The molecule has 0 unspecified atom stereocenters. The molecular formula is C18H12O4. The fraction of sp³-hybridized carbons (Fsp3) is 0.111. The van der Waals surface area contributed by atoms with E-state index in [2.05, 4.69) is 0 Å². The van der Waals surface area contributed by atoms with E-state index < -0.39 is 29.7 Å². The molecule has 22 heavy (non-hydrogen) atoms. The molecule has 2 aromatic rings. The van der Waals surface area contributed by atoms with E-state index in [9.17, 15) is 19.2 Å². The van der Waals surface area contributed by atoms with E-state index in [0.29, 0.717) is 5.56 Å². The molecule has 0 heterocycles. The molecule has 1 aliphatic carbocycles. The highest BCUT2D eigenvalue weighted by molar-refractivity contribution is 6.37. The van der Waals surface area contributed by atoms with Crippen molar-refractivity contribution in [3.63, 3.8) is 0 Å². The summed E-state index contributed by atoms with van der Waals surface area (Å²) in [7, 11) is 0. The number of Topliss-reactive ketones (excluding diaryl/α,β-unsaturated/α-hetero) is 4. The maximum absolute atomic E-state index is 12.3. The van der Waals surface area contributed by atoms with Crippen LogP contribution in [0.2, 0.25) is 0 Å². The third-order valence-electron chi connectivity index (χ3n) is 3.73. The van der Waals surface area contributed by atoms with Gasteiger partial charge in [0.15, 0.2) is 23.1 Å². The predicted molar refractivity (Wildman–Crippen MR) is 79.0 cm³/mol. The normalized spacial score (nSPS) is 14.0. The lowest BCUT2D eigenvalue weighted by Crippen LogP contribution is -2.27. The van der Waals surface area contributed by atoms with Gasteiger partial charge in [0.1, 0.15) is 5.92 Å². The first-order valence-electron chi connectivity index (χ1n) is 6.88. The summed E-state index contributed by atoms with van der Waals surface area (Å²) >= 11 is 0. The Bertz CT molecular complexity index is 755. The predicted octanol–water partition coefficient (Wildman–Crippen LogP) is 2.52. The fourth-order valence-corrected chi connectivity index (χ4v) is 2.62.